The summed E-state index contributed by atoms with van der Waals surface area (Å²) in [5.74, 6) is 0.278. The number of hydrogen-bond donors (Lipinski definition) is 3. The van der Waals surface area contributed by atoms with Crippen LogP contribution in [0.3, 0.4) is 0 Å². The fraction of sp³-hybridized carbons (Fsp3) is 0.350. The third kappa shape index (κ3) is 3.60. The van der Waals surface area contributed by atoms with E-state index in [0.29, 0.717) is 5.92 Å². The number of nitrogens with zero attached hydrogens (tertiary/aromatic N) is 2. The highest BCUT2D eigenvalue weighted by molar-refractivity contribution is 5.87. The summed E-state index contributed by atoms with van der Waals surface area (Å²) in [5, 5.41) is 21.0. The van der Waals surface area contributed by atoms with E-state index in [9.17, 15) is 9.90 Å². The summed E-state index contributed by atoms with van der Waals surface area (Å²) >= 11 is 0. The van der Waals surface area contributed by atoms with Gasteiger partial charge in [0.25, 0.3) is 0 Å². The standard InChI is InChI=1S/C20H22N4O2/c25-15-10-14(11-15)18(9-13-5-7-21-8-6-13)22-20(26)12-19-16-3-1-2-4-17(16)23-24-19/h1-8,14-15,18,25H,9-12H2,(H,22,26)(H,23,24)/t14?,15?,18-/m0/s1. The molecule has 1 atom stereocenters. The number of hydrogen-bond acceptors (Lipinski definition) is 4. The number of benzene rings is 1. The number of carbonyl (C=O) groups is 1. The van der Waals surface area contributed by atoms with Crippen molar-refractivity contribution in [3.8, 4) is 0 Å². The number of H-pyrrole nitrogens is 1. The first-order chi connectivity index (χ1) is 12.7. The molecule has 1 aliphatic carbocycles. The Morgan fingerprint density at radius 3 is 2.77 bits per heavy atom. The summed E-state index contributed by atoms with van der Waals surface area (Å²) in [6.07, 6.45) is 5.78. The summed E-state index contributed by atoms with van der Waals surface area (Å²) in [6.45, 7) is 0. The number of aromatic nitrogens is 3. The average molecular weight is 350 g/mol. The van der Waals surface area contributed by atoms with E-state index in [2.05, 4.69) is 20.5 Å². The topological polar surface area (TPSA) is 90.9 Å². The molecule has 1 aromatic carbocycles. The van der Waals surface area contributed by atoms with Crippen LogP contribution in [0.25, 0.3) is 10.9 Å². The van der Waals surface area contributed by atoms with Crippen LogP contribution >= 0.6 is 0 Å². The van der Waals surface area contributed by atoms with E-state index in [4.69, 9.17) is 0 Å². The Hall–Kier alpha value is -2.73. The largest absolute Gasteiger partial charge is 0.393 e. The molecule has 0 bridgehead atoms. The molecule has 0 saturated heterocycles. The van der Waals surface area contributed by atoms with Crippen LogP contribution in [0.5, 0.6) is 0 Å². The van der Waals surface area contributed by atoms with Gasteiger partial charge in [0.05, 0.1) is 23.7 Å². The second kappa shape index (κ2) is 7.25. The summed E-state index contributed by atoms with van der Waals surface area (Å²) in [6, 6.07) is 11.7. The van der Waals surface area contributed by atoms with Crippen molar-refractivity contribution in [3.63, 3.8) is 0 Å². The van der Waals surface area contributed by atoms with Gasteiger partial charge in [-0.1, -0.05) is 18.2 Å². The maximum Gasteiger partial charge on any atom is 0.226 e. The maximum atomic E-state index is 12.6. The third-order valence-corrected chi connectivity index (χ3v) is 5.15. The van der Waals surface area contributed by atoms with E-state index in [1.807, 2.05) is 36.4 Å². The summed E-state index contributed by atoms with van der Waals surface area (Å²) in [4.78, 5) is 16.7. The zero-order valence-corrected chi connectivity index (χ0v) is 14.4. The fourth-order valence-electron chi connectivity index (χ4n) is 3.63. The SMILES string of the molecule is O=C(Cc1[nH]nc2ccccc12)N[C@@H](Cc1ccncc1)C1CC(O)C1. The highest BCUT2D eigenvalue weighted by Gasteiger charge is 2.34. The second-order valence-corrected chi connectivity index (χ2v) is 7.01. The van der Waals surface area contributed by atoms with E-state index < -0.39 is 0 Å². The Morgan fingerprint density at radius 1 is 1.23 bits per heavy atom. The minimum absolute atomic E-state index is 0.0162. The number of pyridine rings is 1. The van der Waals surface area contributed by atoms with Crippen LogP contribution in [0, 0.1) is 5.92 Å². The molecule has 4 rings (SSSR count). The third-order valence-electron chi connectivity index (χ3n) is 5.15. The smallest absolute Gasteiger partial charge is 0.226 e. The van der Waals surface area contributed by atoms with Crippen molar-refractivity contribution >= 4 is 16.8 Å². The van der Waals surface area contributed by atoms with Crippen molar-refractivity contribution in [2.45, 2.75) is 37.8 Å². The Balaban J connectivity index is 1.45. The number of aliphatic hydroxyl groups excluding tert-OH is 1. The van der Waals surface area contributed by atoms with Gasteiger partial charge in [-0.3, -0.25) is 14.9 Å². The van der Waals surface area contributed by atoms with E-state index in [0.717, 1.165) is 41.4 Å². The molecule has 6 nitrogen and oxygen atoms in total. The number of fused-ring (bicyclic) bond motifs is 1. The zero-order chi connectivity index (χ0) is 17.9. The van der Waals surface area contributed by atoms with Crippen molar-refractivity contribution in [2.75, 3.05) is 0 Å². The Bertz CT molecular complexity index is 887. The average Bonchev–Trinajstić information content (AvgIpc) is 3.02. The highest BCUT2D eigenvalue weighted by atomic mass is 16.3. The summed E-state index contributed by atoms with van der Waals surface area (Å²) in [5.41, 5.74) is 2.83. The molecule has 3 N–H and O–H groups in total. The molecular formula is C20H22N4O2. The van der Waals surface area contributed by atoms with Crippen molar-refractivity contribution in [1.29, 1.82) is 0 Å². The number of rotatable bonds is 6. The van der Waals surface area contributed by atoms with Crippen molar-refractivity contribution in [2.24, 2.45) is 5.92 Å². The van der Waals surface area contributed by atoms with Crippen LogP contribution < -0.4 is 5.32 Å². The van der Waals surface area contributed by atoms with Crippen LogP contribution in [-0.4, -0.2) is 38.3 Å². The van der Waals surface area contributed by atoms with Crippen LogP contribution in [0.4, 0.5) is 0 Å². The minimum Gasteiger partial charge on any atom is -0.393 e. The van der Waals surface area contributed by atoms with Crippen LogP contribution in [-0.2, 0) is 17.6 Å². The lowest BCUT2D eigenvalue weighted by Gasteiger charge is -2.38. The van der Waals surface area contributed by atoms with E-state index in [1.54, 1.807) is 12.4 Å². The Labute approximate surface area is 151 Å². The molecule has 2 heterocycles. The normalized spacial score (nSPS) is 20.5. The number of aliphatic hydroxyl groups is 1. The lowest BCUT2D eigenvalue weighted by Crippen LogP contribution is -2.48. The number of carbonyl (C=O) groups excluding carboxylic acids is 1. The van der Waals surface area contributed by atoms with E-state index in [-0.39, 0.29) is 24.5 Å². The minimum atomic E-state index is -0.242. The molecule has 1 aliphatic rings. The molecule has 0 spiro atoms. The lowest BCUT2D eigenvalue weighted by molar-refractivity contribution is -0.122. The monoisotopic (exact) mass is 350 g/mol. The van der Waals surface area contributed by atoms with Gasteiger partial charge in [0.1, 0.15) is 0 Å². The summed E-state index contributed by atoms with van der Waals surface area (Å²) in [7, 11) is 0. The van der Waals surface area contributed by atoms with Gasteiger partial charge >= 0.3 is 0 Å². The second-order valence-electron chi connectivity index (χ2n) is 7.01. The highest BCUT2D eigenvalue weighted by Crippen LogP contribution is 2.31. The maximum absolute atomic E-state index is 12.6. The number of para-hydroxylation sites is 1. The van der Waals surface area contributed by atoms with Crippen molar-refractivity contribution in [1.82, 2.24) is 20.5 Å². The first kappa shape index (κ1) is 16.7. The first-order valence-corrected chi connectivity index (χ1v) is 8.97. The van der Waals surface area contributed by atoms with Gasteiger partial charge in [-0.15, -0.1) is 0 Å². The van der Waals surface area contributed by atoms with E-state index in [1.165, 1.54) is 0 Å². The predicted octanol–water partition coefficient (Wildman–Crippen LogP) is 2.00. The van der Waals surface area contributed by atoms with Crippen LogP contribution in [0.2, 0.25) is 0 Å². The number of aromatic amines is 1. The van der Waals surface area contributed by atoms with Gasteiger partial charge in [0, 0.05) is 23.8 Å². The van der Waals surface area contributed by atoms with Crippen LogP contribution in [0.1, 0.15) is 24.1 Å². The molecule has 2 aromatic heterocycles. The van der Waals surface area contributed by atoms with Gasteiger partial charge in [-0.2, -0.15) is 5.10 Å². The van der Waals surface area contributed by atoms with Gasteiger partial charge in [0.15, 0.2) is 0 Å². The summed E-state index contributed by atoms with van der Waals surface area (Å²) < 4.78 is 0. The lowest BCUT2D eigenvalue weighted by atomic mass is 9.75. The molecule has 6 heteroatoms. The Kier molecular flexibility index (Phi) is 4.67. The molecule has 26 heavy (non-hydrogen) atoms. The molecule has 0 radical (unpaired) electrons. The Morgan fingerprint density at radius 2 is 2.00 bits per heavy atom. The molecule has 1 saturated carbocycles. The number of nitrogens with one attached hydrogen (secondary N) is 2. The molecule has 1 fully saturated rings. The first-order valence-electron chi connectivity index (χ1n) is 8.97. The van der Waals surface area contributed by atoms with Gasteiger partial charge in [-0.05, 0) is 48.9 Å². The molecule has 3 aromatic rings. The predicted molar refractivity (Wildman–Crippen MR) is 98.4 cm³/mol. The quantitative estimate of drug-likeness (QED) is 0.634. The van der Waals surface area contributed by atoms with Crippen molar-refractivity contribution in [3.05, 3.63) is 60.0 Å². The van der Waals surface area contributed by atoms with Crippen molar-refractivity contribution < 1.29 is 9.90 Å². The van der Waals surface area contributed by atoms with Crippen LogP contribution in [0.15, 0.2) is 48.8 Å². The van der Waals surface area contributed by atoms with Gasteiger partial charge in [-0.25, -0.2) is 0 Å². The zero-order valence-electron chi connectivity index (χ0n) is 14.4. The number of amides is 1. The van der Waals surface area contributed by atoms with E-state index >= 15 is 0 Å². The molecule has 0 unspecified atom stereocenters. The van der Waals surface area contributed by atoms with Gasteiger partial charge in [0.2, 0.25) is 5.91 Å². The van der Waals surface area contributed by atoms with Gasteiger partial charge < -0.3 is 10.4 Å². The fourth-order valence-corrected chi connectivity index (χ4v) is 3.63. The molecule has 134 valence electrons. The molecule has 0 aliphatic heterocycles. The molecule has 1 amide bonds. The molecular weight excluding hydrogens is 328 g/mol.